The molecule has 260 valence electrons. The number of halogens is 2. The molecule has 1 saturated carbocycles. The van der Waals surface area contributed by atoms with Crippen LogP contribution in [0.3, 0.4) is 0 Å². The smallest absolute Gasteiger partial charge is 0.245 e. The first-order valence-electron chi connectivity index (χ1n) is 17.2. The SMILES string of the molecule is CC(=O)c1nn2c3c(cc(-c4cnc(C)nc4)cc13)CCCCCCC(=O)N(C)C[C@@]13C[C@@H](C(=O)Cc4cc(F)cc(Br)n4)N(C(=O)C2)[C@@H]1C3. The van der Waals surface area contributed by atoms with Crippen molar-refractivity contribution < 1.29 is 23.6 Å². The van der Waals surface area contributed by atoms with Gasteiger partial charge in [-0.2, -0.15) is 5.10 Å². The maximum absolute atomic E-state index is 14.5. The van der Waals surface area contributed by atoms with E-state index in [0.717, 1.165) is 47.9 Å². The number of carbonyl (C=O) groups excluding carboxylic acids is 4. The fraction of sp³-hybridized carbons (Fsp3) is 0.459. The number of amides is 2. The first kappa shape index (κ1) is 34.1. The fourth-order valence-electron chi connectivity index (χ4n) is 7.98. The van der Waals surface area contributed by atoms with Crippen LogP contribution in [0.15, 0.2) is 41.3 Å². The van der Waals surface area contributed by atoms with Gasteiger partial charge < -0.3 is 9.80 Å². The zero-order valence-corrected chi connectivity index (χ0v) is 30.0. The number of hydrogen-bond acceptors (Lipinski definition) is 8. The third-order valence-electron chi connectivity index (χ3n) is 10.5. The molecule has 0 N–H and O–H groups in total. The van der Waals surface area contributed by atoms with E-state index in [0.29, 0.717) is 43.4 Å². The van der Waals surface area contributed by atoms with Gasteiger partial charge in [-0.3, -0.25) is 23.9 Å². The Morgan fingerprint density at radius 2 is 1.72 bits per heavy atom. The highest BCUT2D eigenvalue weighted by molar-refractivity contribution is 9.10. The third kappa shape index (κ3) is 6.59. The second kappa shape index (κ2) is 13.4. The van der Waals surface area contributed by atoms with Gasteiger partial charge in [-0.25, -0.2) is 19.3 Å². The highest BCUT2D eigenvalue weighted by Crippen LogP contribution is 2.60. The molecule has 5 heterocycles. The summed E-state index contributed by atoms with van der Waals surface area (Å²) in [6, 6.07) is 5.44. The molecule has 1 aromatic carbocycles. The number of piperidine rings is 1. The highest BCUT2D eigenvalue weighted by Gasteiger charge is 2.67. The van der Waals surface area contributed by atoms with E-state index >= 15 is 0 Å². The summed E-state index contributed by atoms with van der Waals surface area (Å²) in [5.74, 6) is -0.550. The Bertz CT molecular complexity index is 2010. The minimum Gasteiger partial charge on any atom is -0.345 e. The number of pyridine rings is 1. The van der Waals surface area contributed by atoms with E-state index in [1.165, 1.54) is 19.1 Å². The van der Waals surface area contributed by atoms with Crippen LogP contribution in [0.25, 0.3) is 22.0 Å². The van der Waals surface area contributed by atoms with Crippen LogP contribution in [0.5, 0.6) is 0 Å². The Balaban J connectivity index is 1.29. The first-order valence-corrected chi connectivity index (χ1v) is 17.9. The van der Waals surface area contributed by atoms with Crippen LogP contribution in [-0.2, 0) is 33.8 Å². The van der Waals surface area contributed by atoms with Crippen molar-refractivity contribution in [2.45, 2.75) is 90.3 Å². The van der Waals surface area contributed by atoms with Gasteiger partial charge in [0.05, 0.1) is 23.7 Å². The number of ketones is 2. The maximum Gasteiger partial charge on any atom is 0.245 e. The lowest BCUT2D eigenvalue weighted by atomic mass is 9.94. The van der Waals surface area contributed by atoms with Gasteiger partial charge in [0.15, 0.2) is 11.6 Å². The Morgan fingerprint density at radius 1 is 0.980 bits per heavy atom. The summed E-state index contributed by atoms with van der Waals surface area (Å²) in [5.41, 5.74) is 3.47. The van der Waals surface area contributed by atoms with Crippen molar-refractivity contribution in [3.05, 3.63) is 69.9 Å². The Morgan fingerprint density at radius 3 is 2.44 bits per heavy atom. The summed E-state index contributed by atoms with van der Waals surface area (Å²) in [6.45, 7) is 3.57. The van der Waals surface area contributed by atoms with Crippen LogP contribution in [-0.4, -0.2) is 83.6 Å². The van der Waals surface area contributed by atoms with Crippen molar-refractivity contribution in [3.8, 4) is 11.1 Å². The lowest BCUT2D eigenvalue weighted by molar-refractivity contribution is -0.139. The topological polar surface area (TPSA) is 131 Å². The predicted molar refractivity (Wildman–Crippen MR) is 187 cm³/mol. The summed E-state index contributed by atoms with van der Waals surface area (Å²) in [4.78, 5) is 71.1. The van der Waals surface area contributed by atoms with E-state index in [1.54, 1.807) is 33.9 Å². The van der Waals surface area contributed by atoms with Crippen molar-refractivity contribution in [1.82, 2.24) is 34.5 Å². The Labute approximate surface area is 297 Å². The van der Waals surface area contributed by atoms with Crippen LogP contribution in [0.2, 0.25) is 0 Å². The van der Waals surface area contributed by atoms with Gasteiger partial charge >= 0.3 is 0 Å². The molecule has 3 atom stereocenters. The molecule has 7 rings (SSSR count). The Kier molecular flexibility index (Phi) is 9.12. The molecule has 13 heteroatoms. The number of rotatable bonds is 5. The number of aromatic nitrogens is 5. The monoisotopic (exact) mass is 743 g/mol. The van der Waals surface area contributed by atoms with Crippen LogP contribution in [0.1, 0.15) is 79.4 Å². The first-order chi connectivity index (χ1) is 23.9. The number of carbonyl (C=O) groups is 4. The zero-order chi connectivity index (χ0) is 35.3. The minimum absolute atomic E-state index is 0.0578. The quantitative estimate of drug-likeness (QED) is 0.195. The summed E-state index contributed by atoms with van der Waals surface area (Å²) < 4.78 is 16.1. The number of aryl methyl sites for hydroxylation is 2. The molecule has 4 aromatic rings. The lowest BCUT2D eigenvalue weighted by Crippen LogP contribution is -2.45. The summed E-state index contributed by atoms with van der Waals surface area (Å²) in [7, 11) is 1.80. The molecule has 2 aliphatic heterocycles. The van der Waals surface area contributed by atoms with Crippen LogP contribution < -0.4 is 0 Å². The van der Waals surface area contributed by atoms with Gasteiger partial charge in [-0.05, 0) is 84.3 Å². The second-order valence-corrected chi connectivity index (χ2v) is 14.9. The summed E-state index contributed by atoms with van der Waals surface area (Å²) >= 11 is 3.21. The molecule has 11 nitrogen and oxygen atoms in total. The molecule has 1 saturated heterocycles. The molecular weight excluding hydrogens is 705 g/mol. The molecule has 1 aliphatic carbocycles. The van der Waals surface area contributed by atoms with Crippen molar-refractivity contribution >= 4 is 50.2 Å². The Hall–Kier alpha value is -4.39. The molecule has 0 radical (unpaired) electrons. The molecule has 2 bridgehead atoms. The van der Waals surface area contributed by atoms with Crippen molar-refractivity contribution in [3.63, 3.8) is 0 Å². The van der Waals surface area contributed by atoms with Gasteiger partial charge in [0.2, 0.25) is 11.8 Å². The van der Waals surface area contributed by atoms with Crippen LogP contribution in [0, 0.1) is 18.2 Å². The molecule has 3 aliphatic rings. The van der Waals surface area contributed by atoms with E-state index in [4.69, 9.17) is 5.10 Å². The van der Waals surface area contributed by atoms with E-state index < -0.39 is 17.3 Å². The van der Waals surface area contributed by atoms with E-state index in [9.17, 15) is 23.6 Å². The fourth-order valence-corrected chi connectivity index (χ4v) is 8.42. The van der Waals surface area contributed by atoms with Crippen molar-refractivity contribution in [1.29, 1.82) is 0 Å². The van der Waals surface area contributed by atoms with Gasteiger partial charge in [-0.1, -0.05) is 12.8 Å². The third-order valence-corrected chi connectivity index (χ3v) is 10.9. The number of nitrogens with zero attached hydrogens (tertiary/aromatic N) is 7. The largest absolute Gasteiger partial charge is 0.345 e. The van der Waals surface area contributed by atoms with Crippen molar-refractivity contribution in [2.75, 3.05) is 13.6 Å². The molecule has 2 amide bonds. The lowest BCUT2D eigenvalue weighted by Gasteiger charge is -2.27. The average molecular weight is 745 g/mol. The predicted octanol–water partition coefficient (Wildman–Crippen LogP) is 5.44. The normalized spacial score (nSPS) is 22.8. The van der Waals surface area contributed by atoms with Gasteiger partial charge in [0.1, 0.15) is 28.5 Å². The average Bonchev–Trinajstić information content (AvgIpc) is 3.45. The standard InChI is InChI=1S/C37H39BrFN7O4/c1-21(47)35-28-11-24(25-17-40-22(2)41-18-25)10-23-8-6-4-5-7-9-33(49)44(3)20-37-15-29(30(48)14-27-12-26(39)13-32(38)42-27)46(31(37)16-37)34(50)19-45(43-35)36(23)28/h10-13,17-18,29,31H,4-9,14-16,19-20H2,1-3H3/t29-,31+,37-/m0/s1. The van der Waals surface area contributed by atoms with Crippen molar-refractivity contribution in [2.24, 2.45) is 5.41 Å². The van der Waals surface area contributed by atoms with E-state index in [-0.39, 0.29) is 58.4 Å². The number of hydrogen-bond donors (Lipinski definition) is 0. The molecule has 0 spiro atoms. The molecular formula is C37H39BrFN7O4. The van der Waals surface area contributed by atoms with Crippen LogP contribution in [0.4, 0.5) is 4.39 Å². The molecule has 3 aromatic heterocycles. The van der Waals surface area contributed by atoms with E-state index in [2.05, 4.69) is 36.9 Å². The van der Waals surface area contributed by atoms with Gasteiger partial charge in [0, 0.05) is 67.8 Å². The number of Topliss-reactive ketones (excluding diaryl/α,β-unsaturated/α-hetero) is 2. The van der Waals surface area contributed by atoms with Gasteiger partial charge in [0.25, 0.3) is 0 Å². The zero-order valence-electron chi connectivity index (χ0n) is 28.4. The van der Waals surface area contributed by atoms with E-state index in [1.807, 2.05) is 13.0 Å². The second-order valence-electron chi connectivity index (χ2n) is 14.1. The van der Waals surface area contributed by atoms with Crippen LogP contribution >= 0.6 is 15.9 Å². The van der Waals surface area contributed by atoms with Gasteiger partial charge in [-0.15, -0.1) is 0 Å². The number of benzene rings is 1. The molecule has 50 heavy (non-hydrogen) atoms. The molecule has 0 unspecified atom stereocenters. The highest BCUT2D eigenvalue weighted by atomic mass is 79.9. The maximum atomic E-state index is 14.5. The summed E-state index contributed by atoms with van der Waals surface area (Å²) in [5, 5.41) is 5.38. The molecule has 2 fully saturated rings. The summed E-state index contributed by atoms with van der Waals surface area (Å²) in [6.07, 6.45) is 9.00. The minimum atomic E-state index is -0.769.